The molecule has 90 valence electrons. The van der Waals surface area contributed by atoms with E-state index in [-0.39, 0.29) is 16.2 Å². The van der Waals surface area contributed by atoms with Gasteiger partial charge in [-0.05, 0) is 12.1 Å². The topological polar surface area (TPSA) is 126 Å². The minimum atomic E-state index is 0.0389. The quantitative estimate of drug-likeness (QED) is 0.325. The summed E-state index contributed by atoms with van der Waals surface area (Å²) in [5.74, 6) is 0. The molecular weight excluding hydrogens is 246 g/mol. The maximum absolute atomic E-state index is 9.00. The van der Waals surface area contributed by atoms with E-state index in [2.05, 4.69) is 0 Å². The monoisotopic (exact) mass is 257 g/mol. The molecule has 0 saturated heterocycles. The second-order valence-electron chi connectivity index (χ2n) is 3.18. The Morgan fingerprint density at radius 1 is 1.22 bits per heavy atom. The fourth-order valence-corrected chi connectivity index (χ4v) is 1.99. The molecular formula is C12H11N5S. The predicted octanol–water partition coefficient (Wildman–Crippen LogP) is 1.42. The van der Waals surface area contributed by atoms with E-state index in [1.807, 2.05) is 18.2 Å². The van der Waals surface area contributed by atoms with Crippen LogP contribution in [0.1, 0.15) is 0 Å². The normalized spacial score (nSPS) is 12.2. The van der Waals surface area contributed by atoms with Crippen LogP contribution in [0, 0.1) is 22.7 Å². The predicted molar refractivity (Wildman–Crippen MR) is 71.4 cm³/mol. The molecule has 0 aromatic heterocycles. The number of anilines is 1. The number of nitriles is 2. The summed E-state index contributed by atoms with van der Waals surface area (Å²) in [6.45, 7) is 0. The van der Waals surface area contributed by atoms with Crippen LogP contribution in [0.15, 0.2) is 51.5 Å². The van der Waals surface area contributed by atoms with Gasteiger partial charge in [-0.2, -0.15) is 10.5 Å². The lowest BCUT2D eigenvalue weighted by Gasteiger charge is -2.06. The lowest BCUT2D eigenvalue weighted by Crippen LogP contribution is -2.02. The molecule has 6 heteroatoms. The lowest BCUT2D eigenvalue weighted by molar-refractivity contribution is 1.35. The van der Waals surface area contributed by atoms with Gasteiger partial charge in [0.2, 0.25) is 0 Å². The molecule has 1 rings (SSSR count). The Morgan fingerprint density at radius 2 is 1.89 bits per heavy atom. The van der Waals surface area contributed by atoms with Crippen LogP contribution in [-0.4, -0.2) is 0 Å². The molecule has 5 nitrogen and oxygen atoms in total. The molecule has 0 aliphatic heterocycles. The Balaban J connectivity index is 3.14. The number of hydrogen-bond donors (Lipinski definition) is 3. The van der Waals surface area contributed by atoms with Crippen LogP contribution >= 0.6 is 11.8 Å². The van der Waals surface area contributed by atoms with Gasteiger partial charge in [0, 0.05) is 16.8 Å². The van der Waals surface area contributed by atoms with Crippen molar-refractivity contribution in [3.05, 3.63) is 46.6 Å². The van der Waals surface area contributed by atoms with E-state index in [1.165, 1.54) is 0 Å². The SMILES string of the molecule is N#CC(=C\N)/C(C#N)=C(\N)Sc1ccccc1N. The van der Waals surface area contributed by atoms with E-state index in [1.54, 1.807) is 18.2 Å². The van der Waals surface area contributed by atoms with E-state index >= 15 is 0 Å². The molecule has 0 heterocycles. The van der Waals surface area contributed by atoms with Gasteiger partial charge in [0.25, 0.3) is 0 Å². The van der Waals surface area contributed by atoms with Crippen molar-refractivity contribution in [2.45, 2.75) is 4.90 Å². The minimum absolute atomic E-state index is 0.0389. The summed E-state index contributed by atoms with van der Waals surface area (Å²) in [5.41, 5.74) is 17.5. The standard InChI is InChI=1S/C12H11N5S/c13-5-8(6-14)9(7-15)12(17)18-11-4-2-1-3-10(11)16/h1-5H,13,16-17H2/b8-5+,12-9+. The van der Waals surface area contributed by atoms with Gasteiger partial charge in [0.15, 0.2) is 0 Å². The summed E-state index contributed by atoms with van der Waals surface area (Å²) < 4.78 is 0. The van der Waals surface area contributed by atoms with Crippen molar-refractivity contribution in [3.63, 3.8) is 0 Å². The highest BCUT2D eigenvalue weighted by Crippen LogP contribution is 2.31. The average molecular weight is 257 g/mol. The van der Waals surface area contributed by atoms with Crippen molar-refractivity contribution in [1.82, 2.24) is 0 Å². The van der Waals surface area contributed by atoms with E-state index in [0.717, 1.165) is 22.9 Å². The lowest BCUT2D eigenvalue weighted by atomic mass is 10.1. The van der Waals surface area contributed by atoms with Crippen molar-refractivity contribution in [2.24, 2.45) is 11.5 Å². The Morgan fingerprint density at radius 3 is 2.39 bits per heavy atom. The van der Waals surface area contributed by atoms with E-state index in [9.17, 15) is 0 Å². The summed E-state index contributed by atoms with van der Waals surface area (Å²) in [6, 6.07) is 10.8. The molecule has 0 aliphatic rings. The Kier molecular flexibility index (Phi) is 4.67. The van der Waals surface area contributed by atoms with Crippen molar-refractivity contribution < 1.29 is 0 Å². The number of thioether (sulfide) groups is 1. The van der Waals surface area contributed by atoms with Gasteiger partial charge in [0.1, 0.15) is 17.7 Å². The van der Waals surface area contributed by atoms with Crippen molar-refractivity contribution in [1.29, 1.82) is 10.5 Å². The van der Waals surface area contributed by atoms with Gasteiger partial charge >= 0.3 is 0 Å². The van der Waals surface area contributed by atoms with Gasteiger partial charge in [0.05, 0.1) is 10.6 Å². The van der Waals surface area contributed by atoms with Gasteiger partial charge in [-0.3, -0.25) is 0 Å². The van der Waals surface area contributed by atoms with Crippen LogP contribution in [0.25, 0.3) is 0 Å². The van der Waals surface area contributed by atoms with Gasteiger partial charge < -0.3 is 17.2 Å². The Bertz CT molecular complexity index is 589. The molecule has 0 saturated carbocycles. The second kappa shape index (κ2) is 6.24. The van der Waals surface area contributed by atoms with Crippen LogP contribution in [0.4, 0.5) is 5.69 Å². The smallest absolute Gasteiger partial charge is 0.103 e. The van der Waals surface area contributed by atoms with Gasteiger partial charge in [-0.1, -0.05) is 23.9 Å². The molecule has 0 fully saturated rings. The van der Waals surface area contributed by atoms with E-state index in [0.29, 0.717) is 5.69 Å². The molecule has 0 unspecified atom stereocenters. The second-order valence-corrected chi connectivity index (χ2v) is 4.27. The van der Waals surface area contributed by atoms with Crippen molar-refractivity contribution in [3.8, 4) is 12.1 Å². The maximum atomic E-state index is 9.00. The van der Waals surface area contributed by atoms with Crippen LogP contribution in [-0.2, 0) is 0 Å². The minimum Gasteiger partial charge on any atom is -0.403 e. The maximum Gasteiger partial charge on any atom is 0.103 e. The van der Waals surface area contributed by atoms with Crippen molar-refractivity contribution >= 4 is 17.4 Å². The van der Waals surface area contributed by atoms with Crippen LogP contribution in [0.5, 0.6) is 0 Å². The Hall–Kier alpha value is -2.57. The molecule has 0 radical (unpaired) electrons. The zero-order valence-electron chi connectivity index (χ0n) is 9.42. The first kappa shape index (κ1) is 13.5. The fraction of sp³-hybridized carbons (Fsp3) is 0. The number of nitrogens with zero attached hydrogens (tertiary/aromatic N) is 2. The number of benzene rings is 1. The summed E-state index contributed by atoms with van der Waals surface area (Å²) in [7, 11) is 0. The first-order valence-corrected chi connectivity index (χ1v) is 5.70. The fourth-order valence-electron chi connectivity index (χ4n) is 1.17. The number of nitrogen functional groups attached to an aromatic ring is 1. The highest BCUT2D eigenvalue weighted by molar-refractivity contribution is 8.03. The van der Waals surface area contributed by atoms with E-state index < -0.39 is 0 Å². The molecule has 0 spiro atoms. The first-order valence-electron chi connectivity index (χ1n) is 4.88. The van der Waals surface area contributed by atoms with Gasteiger partial charge in [-0.25, -0.2) is 0 Å². The van der Waals surface area contributed by atoms with E-state index in [4.69, 9.17) is 27.7 Å². The molecule has 0 amide bonds. The highest BCUT2D eigenvalue weighted by atomic mass is 32.2. The summed E-state index contributed by atoms with van der Waals surface area (Å²) in [5, 5.41) is 18.0. The molecule has 6 N–H and O–H groups in total. The third-order valence-electron chi connectivity index (χ3n) is 2.05. The third kappa shape index (κ3) is 2.97. The van der Waals surface area contributed by atoms with Crippen LogP contribution < -0.4 is 17.2 Å². The third-order valence-corrected chi connectivity index (χ3v) is 3.07. The first-order chi connectivity index (χ1) is 8.63. The highest BCUT2D eigenvalue weighted by Gasteiger charge is 2.11. The number of para-hydroxylation sites is 1. The summed E-state index contributed by atoms with van der Waals surface area (Å²) >= 11 is 1.12. The number of hydrogen-bond acceptors (Lipinski definition) is 6. The summed E-state index contributed by atoms with van der Waals surface area (Å²) in [6.07, 6.45) is 1.06. The largest absolute Gasteiger partial charge is 0.403 e. The molecule has 0 aliphatic carbocycles. The number of allylic oxidation sites excluding steroid dienone is 2. The molecule has 0 atom stereocenters. The molecule has 1 aromatic rings. The Labute approximate surface area is 109 Å². The van der Waals surface area contributed by atoms with Crippen LogP contribution in [0.3, 0.4) is 0 Å². The molecule has 0 bridgehead atoms. The average Bonchev–Trinajstić information content (AvgIpc) is 2.38. The molecule has 18 heavy (non-hydrogen) atoms. The zero-order chi connectivity index (χ0) is 13.5. The summed E-state index contributed by atoms with van der Waals surface area (Å²) in [4.78, 5) is 0.720. The number of rotatable bonds is 3. The number of nitrogens with two attached hydrogens (primary N) is 3. The molecule has 1 aromatic carbocycles. The van der Waals surface area contributed by atoms with Crippen LogP contribution in [0.2, 0.25) is 0 Å². The zero-order valence-corrected chi connectivity index (χ0v) is 10.2. The van der Waals surface area contributed by atoms with Gasteiger partial charge in [-0.15, -0.1) is 0 Å². The van der Waals surface area contributed by atoms with Crippen molar-refractivity contribution in [2.75, 3.05) is 5.73 Å².